The molecule has 0 unspecified atom stereocenters. The molecular formula is C12H24N2O2S. The summed E-state index contributed by atoms with van der Waals surface area (Å²) in [5.74, 6) is 0. The van der Waals surface area contributed by atoms with E-state index in [2.05, 4.69) is 32.6 Å². The molecule has 4 nitrogen and oxygen atoms in total. The van der Waals surface area contributed by atoms with Crippen LogP contribution in [0.3, 0.4) is 0 Å². The van der Waals surface area contributed by atoms with Crippen LogP contribution in [0.15, 0.2) is 0 Å². The topological polar surface area (TPSA) is 40.6 Å². The van der Waals surface area contributed by atoms with E-state index in [0.29, 0.717) is 31.2 Å². The minimum atomic E-state index is -3.00. The third kappa shape index (κ3) is 2.51. The SMILES string of the molecule is CC(C)N1[C@H](C)CN(S(=O)(=O)C2CC2)C[C@@H]1C. The maximum absolute atomic E-state index is 12.2. The molecule has 0 aromatic heterocycles. The van der Waals surface area contributed by atoms with Crippen LogP contribution in [0, 0.1) is 0 Å². The zero-order chi connectivity index (χ0) is 12.8. The Bertz CT molecular complexity index is 364. The molecule has 0 spiro atoms. The van der Waals surface area contributed by atoms with Crippen molar-refractivity contribution in [2.75, 3.05) is 13.1 Å². The van der Waals surface area contributed by atoms with Crippen LogP contribution in [0.2, 0.25) is 0 Å². The molecule has 2 aliphatic rings. The quantitative estimate of drug-likeness (QED) is 0.767. The van der Waals surface area contributed by atoms with Crippen molar-refractivity contribution in [3.63, 3.8) is 0 Å². The lowest BCUT2D eigenvalue weighted by molar-refractivity contribution is 0.0490. The molecule has 17 heavy (non-hydrogen) atoms. The van der Waals surface area contributed by atoms with E-state index >= 15 is 0 Å². The summed E-state index contributed by atoms with van der Waals surface area (Å²) in [5, 5.41) is -0.0764. The summed E-state index contributed by atoms with van der Waals surface area (Å²) in [5.41, 5.74) is 0. The van der Waals surface area contributed by atoms with Crippen LogP contribution in [-0.4, -0.2) is 54.1 Å². The van der Waals surface area contributed by atoms with Gasteiger partial charge in [-0.05, 0) is 40.5 Å². The van der Waals surface area contributed by atoms with Gasteiger partial charge in [-0.15, -0.1) is 0 Å². The highest BCUT2D eigenvalue weighted by atomic mass is 32.2. The second kappa shape index (κ2) is 4.52. The van der Waals surface area contributed by atoms with Gasteiger partial charge in [0.15, 0.2) is 0 Å². The predicted molar refractivity (Wildman–Crippen MR) is 69.4 cm³/mol. The molecule has 1 saturated heterocycles. The zero-order valence-corrected chi connectivity index (χ0v) is 12.1. The van der Waals surface area contributed by atoms with Crippen LogP contribution in [0.5, 0.6) is 0 Å². The van der Waals surface area contributed by atoms with Crippen LogP contribution in [0.25, 0.3) is 0 Å². The van der Waals surface area contributed by atoms with E-state index in [1.807, 2.05) is 0 Å². The van der Waals surface area contributed by atoms with E-state index in [9.17, 15) is 8.42 Å². The molecule has 100 valence electrons. The molecule has 0 N–H and O–H groups in total. The summed E-state index contributed by atoms with van der Waals surface area (Å²) in [6.45, 7) is 9.93. The van der Waals surface area contributed by atoms with Crippen LogP contribution in [0.1, 0.15) is 40.5 Å². The number of nitrogens with zero attached hydrogens (tertiary/aromatic N) is 2. The van der Waals surface area contributed by atoms with Gasteiger partial charge >= 0.3 is 0 Å². The van der Waals surface area contributed by atoms with Gasteiger partial charge in [-0.2, -0.15) is 4.31 Å². The molecule has 0 radical (unpaired) electrons. The van der Waals surface area contributed by atoms with Crippen molar-refractivity contribution in [3.05, 3.63) is 0 Å². The first kappa shape index (κ1) is 13.3. The fourth-order valence-corrected chi connectivity index (χ4v) is 5.09. The molecule has 1 aliphatic carbocycles. The van der Waals surface area contributed by atoms with E-state index in [1.54, 1.807) is 4.31 Å². The number of sulfonamides is 1. The fraction of sp³-hybridized carbons (Fsp3) is 1.00. The molecule has 2 fully saturated rings. The molecule has 0 aromatic carbocycles. The lowest BCUT2D eigenvalue weighted by Gasteiger charge is -2.46. The third-order valence-corrected chi connectivity index (χ3v) is 6.19. The lowest BCUT2D eigenvalue weighted by Crippen LogP contribution is -2.60. The first-order chi connectivity index (χ1) is 7.84. The average Bonchev–Trinajstić information content (AvgIpc) is 2.98. The molecule has 5 heteroatoms. The largest absolute Gasteiger partial charge is 0.293 e. The van der Waals surface area contributed by atoms with Crippen molar-refractivity contribution in [1.82, 2.24) is 9.21 Å². The van der Waals surface area contributed by atoms with Gasteiger partial charge in [0.05, 0.1) is 5.25 Å². The average molecular weight is 260 g/mol. The highest BCUT2D eigenvalue weighted by Gasteiger charge is 2.44. The summed E-state index contributed by atoms with van der Waals surface area (Å²) in [6, 6.07) is 1.10. The van der Waals surface area contributed by atoms with Gasteiger partial charge in [-0.3, -0.25) is 4.90 Å². The Morgan fingerprint density at radius 1 is 1.06 bits per heavy atom. The van der Waals surface area contributed by atoms with E-state index in [1.165, 1.54) is 0 Å². The Hall–Kier alpha value is -0.130. The minimum absolute atomic E-state index is 0.0764. The van der Waals surface area contributed by atoms with Gasteiger partial charge in [0.25, 0.3) is 0 Å². The lowest BCUT2D eigenvalue weighted by atomic mass is 10.1. The van der Waals surface area contributed by atoms with Crippen LogP contribution in [-0.2, 0) is 10.0 Å². The van der Waals surface area contributed by atoms with Crippen LogP contribution < -0.4 is 0 Å². The van der Waals surface area contributed by atoms with Crippen molar-refractivity contribution in [2.24, 2.45) is 0 Å². The van der Waals surface area contributed by atoms with Gasteiger partial charge in [-0.1, -0.05) is 0 Å². The van der Waals surface area contributed by atoms with E-state index in [0.717, 1.165) is 12.8 Å². The standard InChI is InChI=1S/C12H24N2O2S/c1-9(2)14-10(3)7-13(8-11(14)4)17(15,16)12-5-6-12/h9-12H,5-8H2,1-4H3/t10-,11+. The Morgan fingerprint density at radius 3 is 1.88 bits per heavy atom. The van der Waals surface area contributed by atoms with Crippen LogP contribution in [0.4, 0.5) is 0 Å². The van der Waals surface area contributed by atoms with E-state index < -0.39 is 10.0 Å². The fourth-order valence-electron chi connectivity index (χ4n) is 3.09. The molecule has 1 heterocycles. The van der Waals surface area contributed by atoms with Crippen LogP contribution >= 0.6 is 0 Å². The normalized spacial score (nSPS) is 33.2. The molecule has 0 aromatic rings. The van der Waals surface area contributed by atoms with Gasteiger partial charge in [0, 0.05) is 31.2 Å². The minimum Gasteiger partial charge on any atom is -0.293 e. The Labute approximate surface area is 105 Å². The number of rotatable bonds is 3. The smallest absolute Gasteiger partial charge is 0.217 e. The van der Waals surface area contributed by atoms with Gasteiger partial charge in [0.1, 0.15) is 0 Å². The Balaban J connectivity index is 2.11. The first-order valence-electron chi connectivity index (χ1n) is 6.60. The van der Waals surface area contributed by atoms with Gasteiger partial charge in [-0.25, -0.2) is 8.42 Å². The van der Waals surface area contributed by atoms with E-state index in [-0.39, 0.29) is 5.25 Å². The second-order valence-electron chi connectivity index (χ2n) is 5.80. The summed E-state index contributed by atoms with van der Waals surface area (Å²) in [6.07, 6.45) is 1.71. The number of piperazine rings is 1. The summed E-state index contributed by atoms with van der Waals surface area (Å²) in [7, 11) is -3.00. The van der Waals surface area contributed by atoms with Crippen molar-refractivity contribution in [3.8, 4) is 0 Å². The number of hydrogen-bond acceptors (Lipinski definition) is 3. The molecular weight excluding hydrogens is 236 g/mol. The highest BCUT2D eigenvalue weighted by Crippen LogP contribution is 2.33. The van der Waals surface area contributed by atoms with E-state index in [4.69, 9.17) is 0 Å². The summed E-state index contributed by atoms with van der Waals surface area (Å²) < 4.78 is 26.2. The third-order valence-electron chi connectivity index (χ3n) is 3.86. The molecule has 0 bridgehead atoms. The molecule has 1 saturated carbocycles. The maximum atomic E-state index is 12.2. The highest BCUT2D eigenvalue weighted by molar-refractivity contribution is 7.90. The van der Waals surface area contributed by atoms with Crippen molar-refractivity contribution >= 4 is 10.0 Å². The molecule has 0 amide bonds. The van der Waals surface area contributed by atoms with Crippen molar-refractivity contribution in [1.29, 1.82) is 0 Å². The van der Waals surface area contributed by atoms with Gasteiger partial charge in [0.2, 0.25) is 10.0 Å². The molecule has 2 atom stereocenters. The Kier molecular flexibility index (Phi) is 3.54. The Morgan fingerprint density at radius 2 is 1.53 bits per heavy atom. The molecule has 1 aliphatic heterocycles. The van der Waals surface area contributed by atoms with Gasteiger partial charge < -0.3 is 0 Å². The predicted octanol–water partition coefficient (Wildman–Crippen LogP) is 1.28. The monoisotopic (exact) mass is 260 g/mol. The first-order valence-corrected chi connectivity index (χ1v) is 8.10. The van der Waals surface area contributed by atoms with Crippen molar-refractivity contribution in [2.45, 2.75) is 63.9 Å². The van der Waals surface area contributed by atoms with Crippen molar-refractivity contribution < 1.29 is 8.42 Å². The maximum Gasteiger partial charge on any atom is 0.217 e. The zero-order valence-electron chi connectivity index (χ0n) is 11.3. The number of hydrogen-bond donors (Lipinski definition) is 0. The summed E-state index contributed by atoms with van der Waals surface area (Å²) in [4.78, 5) is 2.42. The summed E-state index contributed by atoms with van der Waals surface area (Å²) >= 11 is 0. The second-order valence-corrected chi connectivity index (χ2v) is 8.01. The molecule has 2 rings (SSSR count).